The van der Waals surface area contributed by atoms with Gasteiger partial charge >= 0.3 is 0 Å². The molecule has 1 heterocycles. The lowest BCUT2D eigenvalue weighted by Gasteiger charge is -2.37. The summed E-state index contributed by atoms with van der Waals surface area (Å²) in [5.41, 5.74) is -0.230. The van der Waals surface area contributed by atoms with Gasteiger partial charge in [-0.15, -0.1) is 0 Å². The summed E-state index contributed by atoms with van der Waals surface area (Å²) < 4.78 is 22.6. The molecule has 0 unspecified atom stereocenters. The van der Waals surface area contributed by atoms with E-state index in [2.05, 4.69) is 5.32 Å². The fraction of sp³-hybridized carbons (Fsp3) is 1.00. The van der Waals surface area contributed by atoms with E-state index < -0.39 is 9.84 Å². The molecule has 1 aliphatic rings. The van der Waals surface area contributed by atoms with Gasteiger partial charge in [0.2, 0.25) is 0 Å². The Morgan fingerprint density at radius 3 is 2.12 bits per heavy atom. The zero-order valence-electron chi connectivity index (χ0n) is 10.2. The van der Waals surface area contributed by atoms with Crippen LogP contribution in [0.5, 0.6) is 0 Å². The quantitative estimate of drug-likeness (QED) is 0.753. The smallest absolute Gasteiger partial charge is 0.150 e. The highest BCUT2D eigenvalue weighted by molar-refractivity contribution is 7.91. The van der Waals surface area contributed by atoms with Crippen LogP contribution in [0, 0.1) is 0 Å². The molecule has 1 rings (SSSR count). The van der Waals surface area contributed by atoms with Crippen LogP contribution in [0.1, 0.15) is 39.5 Å². The Hall–Kier alpha value is -0.130. The van der Waals surface area contributed by atoms with Crippen molar-refractivity contribution in [2.45, 2.75) is 51.1 Å². The van der Waals surface area contributed by atoms with Crippen molar-refractivity contribution in [3.8, 4) is 0 Å². The topological polar surface area (TPSA) is 66.4 Å². The molecule has 0 bridgehead atoms. The van der Waals surface area contributed by atoms with E-state index in [0.717, 1.165) is 12.8 Å². The Balaban J connectivity index is 2.55. The van der Waals surface area contributed by atoms with Crippen LogP contribution >= 0.6 is 0 Å². The Kier molecular flexibility index (Phi) is 4.76. The third-order valence-electron chi connectivity index (χ3n) is 3.72. The number of hydrogen-bond acceptors (Lipinski definition) is 4. The highest BCUT2D eigenvalue weighted by Gasteiger charge is 2.31. The molecule has 0 aromatic heterocycles. The summed E-state index contributed by atoms with van der Waals surface area (Å²) in [5, 5.41) is 12.9. The van der Waals surface area contributed by atoms with Crippen LogP contribution in [0.3, 0.4) is 0 Å². The lowest BCUT2D eigenvalue weighted by atomic mass is 9.92. The first kappa shape index (κ1) is 13.9. The molecule has 1 fully saturated rings. The van der Waals surface area contributed by atoms with Crippen LogP contribution in [-0.4, -0.2) is 43.2 Å². The fourth-order valence-electron chi connectivity index (χ4n) is 2.19. The van der Waals surface area contributed by atoms with Gasteiger partial charge in [0.15, 0.2) is 0 Å². The first-order valence-electron chi connectivity index (χ1n) is 6.06. The largest absolute Gasteiger partial charge is 0.394 e. The van der Waals surface area contributed by atoms with Gasteiger partial charge < -0.3 is 10.4 Å². The van der Waals surface area contributed by atoms with Gasteiger partial charge in [0.25, 0.3) is 0 Å². The minimum atomic E-state index is -2.79. The molecule has 0 saturated carbocycles. The number of aliphatic hydroxyl groups excluding tert-OH is 1. The Labute approximate surface area is 98.4 Å². The predicted octanol–water partition coefficient (Wildman–Crippen LogP) is 0.704. The predicted molar refractivity (Wildman–Crippen MR) is 65.2 cm³/mol. The number of rotatable bonds is 5. The molecule has 96 valence electrons. The number of hydrogen-bond donors (Lipinski definition) is 2. The molecule has 5 heteroatoms. The van der Waals surface area contributed by atoms with Crippen molar-refractivity contribution in [3.63, 3.8) is 0 Å². The van der Waals surface area contributed by atoms with Crippen molar-refractivity contribution in [1.29, 1.82) is 0 Å². The lowest BCUT2D eigenvalue weighted by Crippen LogP contribution is -2.54. The summed E-state index contributed by atoms with van der Waals surface area (Å²) in [4.78, 5) is 0. The van der Waals surface area contributed by atoms with Crippen LogP contribution in [-0.2, 0) is 9.84 Å². The Morgan fingerprint density at radius 2 is 1.75 bits per heavy atom. The monoisotopic (exact) mass is 249 g/mol. The third-order valence-corrected chi connectivity index (χ3v) is 5.44. The highest BCUT2D eigenvalue weighted by Crippen LogP contribution is 2.20. The number of aliphatic hydroxyl groups is 1. The standard InChI is InChI=1S/C11H23NO3S/c1-3-11(4-2,9-13)12-10-5-7-16(14,15)8-6-10/h10,12-13H,3-9H2,1-2H3. The van der Waals surface area contributed by atoms with Crippen molar-refractivity contribution >= 4 is 9.84 Å². The molecule has 0 aromatic carbocycles. The van der Waals surface area contributed by atoms with Crippen molar-refractivity contribution in [2.24, 2.45) is 0 Å². The second-order valence-corrected chi connectivity index (χ2v) is 7.02. The van der Waals surface area contributed by atoms with E-state index in [4.69, 9.17) is 0 Å². The number of nitrogens with one attached hydrogen (secondary N) is 1. The summed E-state index contributed by atoms with van der Waals surface area (Å²) in [6.45, 7) is 4.21. The Bertz CT molecular complexity index is 287. The zero-order chi connectivity index (χ0) is 12.2. The molecule has 0 spiro atoms. The zero-order valence-corrected chi connectivity index (χ0v) is 11.0. The fourth-order valence-corrected chi connectivity index (χ4v) is 3.68. The minimum Gasteiger partial charge on any atom is -0.394 e. The SMILES string of the molecule is CCC(CC)(CO)NC1CCS(=O)(=O)CC1. The molecule has 2 N–H and O–H groups in total. The van der Waals surface area contributed by atoms with Gasteiger partial charge in [-0.3, -0.25) is 0 Å². The lowest BCUT2D eigenvalue weighted by molar-refractivity contribution is 0.135. The molecular weight excluding hydrogens is 226 g/mol. The molecule has 0 aromatic rings. The number of sulfone groups is 1. The molecular formula is C11H23NO3S. The second-order valence-electron chi connectivity index (χ2n) is 4.72. The van der Waals surface area contributed by atoms with Crippen LogP contribution in [0.2, 0.25) is 0 Å². The van der Waals surface area contributed by atoms with E-state index in [9.17, 15) is 13.5 Å². The van der Waals surface area contributed by atoms with Gasteiger partial charge in [-0.1, -0.05) is 13.8 Å². The second kappa shape index (κ2) is 5.47. The van der Waals surface area contributed by atoms with Gasteiger partial charge in [-0.25, -0.2) is 8.42 Å². The molecule has 0 radical (unpaired) electrons. The normalized spacial score (nSPS) is 22.2. The van der Waals surface area contributed by atoms with E-state index in [-0.39, 0.29) is 29.7 Å². The van der Waals surface area contributed by atoms with Gasteiger partial charge in [-0.2, -0.15) is 0 Å². The summed E-state index contributed by atoms with van der Waals surface area (Å²) in [6, 6.07) is 0.232. The first-order chi connectivity index (χ1) is 7.47. The molecule has 0 aliphatic carbocycles. The van der Waals surface area contributed by atoms with Crippen molar-refractivity contribution < 1.29 is 13.5 Å². The van der Waals surface area contributed by atoms with Gasteiger partial charge in [0.05, 0.1) is 18.1 Å². The van der Waals surface area contributed by atoms with Crippen molar-refractivity contribution in [3.05, 3.63) is 0 Å². The van der Waals surface area contributed by atoms with E-state index >= 15 is 0 Å². The van der Waals surface area contributed by atoms with Gasteiger partial charge in [0, 0.05) is 11.6 Å². The van der Waals surface area contributed by atoms with Crippen LogP contribution in [0.25, 0.3) is 0 Å². The third kappa shape index (κ3) is 3.43. The van der Waals surface area contributed by atoms with E-state index in [1.165, 1.54) is 0 Å². The maximum atomic E-state index is 11.3. The van der Waals surface area contributed by atoms with Crippen molar-refractivity contribution in [1.82, 2.24) is 5.32 Å². The van der Waals surface area contributed by atoms with E-state index in [1.54, 1.807) is 0 Å². The molecule has 4 nitrogen and oxygen atoms in total. The van der Waals surface area contributed by atoms with Crippen molar-refractivity contribution in [2.75, 3.05) is 18.1 Å². The van der Waals surface area contributed by atoms with Gasteiger partial charge in [0.1, 0.15) is 9.84 Å². The Morgan fingerprint density at radius 1 is 1.25 bits per heavy atom. The summed E-state index contributed by atoms with van der Waals surface area (Å²) >= 11 is 0. The highest BCUT2D eigenvalue weighted by atomic mass is 32.2. The van der Waals surface area contributed by atoms with Crippen LogP contribution < -0.4 is 5.32 Å². The van der Waals surface area contributed by atoms with Crippen LogP contribution in [0.15, 0.2) is 0 Å². The van der Waals surface area contributed by atoms with E-state index in [0.29, 0.717) is 12.8 Å². The van der Waals surface area contributed by atoms with Crippen LogP contribution in [0.4, 0.5) is 0 Å². The maximum Gasteiger partial charge on any atom is 0.150 e. The molecule has 1 saturated heterocycles. The van der Waals surface area contributed by atoms with Gasteiger partial charge in [-0.05, 0) is 25.7 Å². The summed E-state index contributed by atoms with van der Waals surface area (Å²) in [6.07, 6.45) is 3.07. The summed E-state index contributed by atoms with van der Waals surface area (Å²) in [7, 11) is -2.79. The molecule has 0 amide bonds. The summed E-state index contributed by atoms with van der Waals surface area (Å²) in [5.74, 6) is 0.555. The first-order valence-corrected chi connectivity index (χ1v) is 7.88. The average molecular weight is 249 g/mol. The molecule has 0 atom stereocenters. The average Bonchev–Trinajstić information content (AvgIpc) is 2.29. The van der Waals surface area contributed by atoms with E-state index in [1.807, 2.05) is 13.8 Å². The molecule has 16 heavy (non-hydrogen) atoms. The molecule has 1 aliphatic heterocycles. The maximum absolute atomic E-state index is 11.3. The minimum absolute atomic E-state index is 0.114.